The summed E-state index contributed by atoms with van der Waals surface area (Å²) in [7, 11) is 1.47. The van der Waals surface area contributed by atoms with E-state index < -0.39 is 11.2 Å². The van der Waals surface area contributed by atoms with Crippen LogP contribution in [0.2, 0.25) is 0 Å². The van der Waals surface area contributed by atoms with Crippen LogP contribution in [0.5, 0.6) is 0 Å². The van der Waals surface area contributed by atoms with Crippen molar-refractivity contribution in [1.82, 2.24) is 28.9 Å². The molecular formula is C19H25N7O2S. The summed E-state index contributed by atoms with van der Waals surface area (Å²) in [5.74, 6) is 2.12. The molecule has 154 valence electrons. The standard InChI is InChI=1S/C19H25N7O2S/c1-3-8-26-17(20)16(18(27)24(2)19(26)28)12-11-29-15(21-12)10-14-23-22-13-7-5-4-6-9-25(13)14/h11H,3-10,20H2,1-2H3. The number of nitrogens with zero attached hydrogens (tertiary/aromatic N) is 6. The molecule has 3 aromatic heterocycles. The van der Waals surface area contributed by atoms with Gasteiger partial charge in [0.2, 0.25) is 0 Å². The average molecular weight is 416 g/mol. The van der Waals surface area contributed by atoms with Crippen LogP contribution in [0.15, 0.2) is 15.0 Å². The molecule has 9 nitrogen and oxygen atoms in total. The zero-order chi connectivity index (χ0) is 20.5. The second kappa shape index (κ2) is 7.94. The number of aryl methyl sites for hydroxylation is 1. The van der Waals surface area contributed by atoms with Crippen molar-refractivity contribution in [3.8, 4) is 11.3 Å². The van der Waals surface area contributed by atoms with E-state index in [1.54, 1.807) is 0 Å². The maximum atomic E-state index is 12.7. The van der Waals surface area contributed by atoms with Crippen LogP contribution in [0.4, 0.5) is 5.82 Å². The van der Waals surface area contributed by atoms with E-state index in [1.165, 1.54) is 29.4 Å². The van der Waals surface area contributed by atoms with Crippen LogP contribution in [0.3, 0.4) is 0 Å². The van der Waals surface area contributed by atoms with Gasteiger partial charge in [0, 0.05) is 31.9 Å². The van der Waals surface area contributed by atoms with Crippen molar-refractivity contribution in [2.24, 2.45) is 7.05 Å². The third-order valence-corrected chi connectivity index (χ3v) is 6.18. The third-order valence-electron chi connectivity index (χ3n) is 5.33. The second-order valence-corrected chi connectivity index (χ2v) is 8.30. The first kappa shape index (κ1) is 19.6. The Morgan fingerprint density at radius 3 is 2.83 bits per heavy atom. The largest absolute Gasteiger partial charge is 0.384 e. The van der Waals surface area contributed by atoms with Crippen LogP contribution in [0.1, 0.15) is 49.3 Å². The fraction of sp³-hybridized carbons (Fsp3) is 0.526. The number of anilines is 1. The SMILES string of the molecule is CCCn1c(N)c(-c2csc(Cc3nnc4n3CCCCC4)n2)c(=O)n(C)c1=O. The van der Waals surface area contributed by atoms with Gasteiger partial charge >= 0.3 is 5.69 Å². The average Bonchev–Trinajstić information content (AvgIpc) is 3.24. The van der Waals surface area contributed by atoms with Gasteiger partial charge in [-0.25, -0.2) is 9.78 Å². The first-order valence-corrected chi connectivity index (χ1v) is 10.8. The minimum absolute atomic E-state index is 0.174. The smallest absolute Gasteiger partial charge is 0.332 e. The van der Waals surface area contributed by atoms with E-state index in [2.05, 4.69) is 19.7 Å². The van der Waals surface area contributed by atoms with Crippen LogP contribution < -0.4 is 17.0 Å². The van der Waals surface area contributed by atoms with Crippen LogP contribution in [0, 0.1) is 0 Å². The highest BCUT2D eigenvalue weighted by molar-refractivity contribution is 7.10. The molecule has 0 amide bonds. The first-order chi connectivity index (χ1) is 14.0. The maximum Gasteiger partial charge on any atom is 0.332 e. The van der Waals surface area contributed by atoms with E-state index >= 15 is 0 Å². The fourth-order valence-corrected chi connectivity index (χ4v) is 4.56. The molecule has 4 heterocycles. The molecular weight excluding hydrogens is 390 g/mol. The van der Waals surface area contributed by atoms with E-state index in [1.807, 2.05) is 12.3 Å². The van der Waals surface area contributed by atoms with Gasteiger partial charge in [0.15, 0.2) is 0 Å². The normalized spacial score (nSPS) is 14.0. The van der Waals surface area contributed by atoms with Crippen LogP contribution >= 0.6 is 11.3 Å². The summed E-state index contributed by atoms with van der Waals surface area (Å²) in [6.07, 6.45) is 5.75. The fourth-order valence-electron chi connectivity index (χ4n) is 3.78. The lowest BCUT2D eigenvalue weighted by atomic mass is 10.2. The van der Waals surface area contributed by atoms with Gasteiger partial charge in [-0.15, -0.1) is 21.5 Å². The van der Waals surface area contributed by atoms with Crippen molar-refractivity contribution in [2.75, 3.05) is 5.73 Å². The van der Waals surface area contributed by atoms with Crippen molar-refractivity contribution in [1.29, 1.82) is 0 Å². The molecule has 0 spiro atoms. The summed E-state index contributed by atoms with van der Waals surface area (Å²) in [6, 6.07) is 0. The lowest BCUT2D eigenvalue weighted by Crippen LogP contribution is -2.40. The quantitative estimate of drug-likeness (QED) is 0.677. The summed E-state index contributed by atoms with van der Waals surface area (Å²) < 4.78 is 4.73. The van der Waals surface area contributed by atoms with Gasteiger partial charge in [0.05, 0.1) is 12.1 Å². The third kappa shape index (κ3) is 3.52. The molecule has 0 atom stereocenters. The van der Waals surface area contributed by atoms with Gasteiger partial charge in [-0.1, -0.05) is 13.3 Å². The molecule has 0 aliphatic carbocycles. The highest BCUT2D eigenvalue weighted by Gasteiger charge is 2.20. The summed E-state index contributed by atoms with van der Waals surface area (Å²) >= 11 is 1.46. The van der Waals surface area contributed by atoms with Gasteiger partial charge in [-0.05, 0) is 19.3 Å². The van der Waals surface area contributed by atoms with Crippen LogP contribution in [0.25, 0.3) is 11.3 Å². The van der Waals surface area contributed by atoms with E-state index in [0.717, 1.165) is 53.5 Å². The Kier molecular flexibility index (Phi) is 5.35. The number of aromatic nitrogens is 6. The monoisotopic (exact) mass is 415 g/mol. The van der Waals surface area contributed by atoms with Crippen molar-refractivity contribution in [3.05, 3.63) is 42.9 Å². The van der Waals surface area contributed by atoms with Crippen molar-refractivity contribution in [2.45, 2.75) is 58.5 Å². The van der Waals surface area contributed by atoms with Crippen LogP contribution in [-0.2, 0) is 33.0 Å². The maximum absolute atomic E-state index is 12.7. The van der Waals surface area contributed by atoms with Gasteiger partial charge in [-0.2, -0.15) is 0 Å². The molecule has 1 aliphatic rings. The molecule has 2 N–H and O–H groups in total. The van der Waals surface area contributed by atoms with Crippen molar-refractivity contribution in [3.63, 3.8) is 0 Å². The number of fused-ring (bicyclic) bond motifs is 1. The molecule has 0 bridgehead atoms. The Morgan fingerprint density at radius 2 is 2.03 bits per heavy atom. The summed E-state index contributed by atoms with van der Waals surface area (Å²) in [6.45, 7) is 3.35. The number of rotatable bonds is 5. The Bertz CT molecular complexity index is 1150. The molecule has 0 saturated heterocycles. The number of hydrogen-bond acceptors (Lipinski definition) is 7. The van der Waals surface area contributed by atoms with Crippen molar-refractivity contribution >= 4 is 17.2 Å². The molecule has 4 rings (SSSR count). The molecule has 0 fully saturated rings. The number of thiazole rings is 1. The molecule has 1 aliphatic heterocycles. The summed E-state index contributed by atoms with van der Waals surface area (Å²) in [5.41, 5.74) is 6.17. The zero-order valence-corrected chi connectivity index (χ0v) is 17.5. The Balaban J connectivity index is 1.70. The Hall–Kier alpha value is -2.75. The predicted octanol–water partition coefficient (Wildman–Crippen LogP) is 1.57. The highest BCUT2D eigenvalue weighted by Crippen LogP contribution is 2.25. The lowest BCUT2D eigenvalue weighted by molar-refractivity contribution is 0.600. The molecule has 0 aromatic carbocycles. The van der Waals surface area contributed by atoms with Crippen LogP contribution in [-0.4, -0.2) is 28.9 Å². The van der Waals surface area contributed by atoms with Crippen molar-refractivity contribution < 1.29 is 0 Å². The summed E-state index contributed by atoms with van der Waals surface area (Å²) in [4.78, 5) is 29.8. The van der Waals surface area contributed by atoms with Gasteiger partial charge in [-0.3, -0.25) is 13.9 Å². The molecule has 29 heavy (non-hydrogen) atoms. The second-order valence-electron chi connectivity index (χ2n) is 7.36. The van der Waals surface area contributed by atoms with Gasteiger partial charge in [0.1, 0.15) is 28.0 Å². The molecule has 10 heteroatoms. The summed E-state index contributed by atoms with van der Waals surface area (Å²) in [5, 5.41) is 11.4. The lowest BCUT2D eigenvalue weighted by Gasteiger charge is -2.13. The zero-order valence-electron chi connectivity index (χ0n) is 16.7. The number of nitrogen functional groups attached to an aromatic ring is 1. The molecule has 3 aromatic rings. The topological polar surface area (TPSA) is 114 Å². The number of nitrogens with two attached hydrogens (primary N) is 1. The Labute approximate surface area is 171 Å². The molecule has 0 radical (unpaired) electrons. The molecule has 0 unspecified atom stereocenters. The van der Waals surface area contributed by atoms with E-state index in [-0.39, 0.29) is 11.4 Å². The minimum atomic E-state index is -0.423. The van der Waals surface area contributed by atoms with E-state index in [4.69, 9.17) is 5.73 Å². The number of hydrogen-bond donors (Lipinski definition) is 1. The Morgan fingerprint density at radius 1 is 1.21 bits per heavy atom. The minimum Gasteiger partial charge on any atom is -0.384 e. The predicted molar refractivity (Wildman–Crippen MR) is 112 cm³/mol. The highest BCUT2D eigenvalue weighted by atomic mass is 32.1. The van der Waals surface area contributed by atoms with Gasteiger partial charge < -0.3 is 10.3 Å². The van der Waals surface area contributed by atoms with E-state index in [0.29, 0.717) is 18.7 Å². The van der Waals surface area contributed by atoms with Gasteiger partial charge in [0.25, 0.3) is 5.56 Å². The first-order valence-electron chi connectivity index (χ1n) is 9.96. The molecule has 0 saturated carbocycles. The van der Waals surface area contributed by atoms with E-state index in [9.17, 15) is 9.59 Å².